The molecule has 2 N–H and O–H groups in total. The van der Waals surface area contributed by atoms with Crippen LogP contribution < -0.4 is 10.6 Å². The molecule has 0 fully saturated rings. The number of nitrogens with one attached hydrogen (secondary N) is 2. The van der Waals surface area contributed by atoms with Crippen LogP contribution in [-0.4, -0.2) is 19.1 Å². The first-order chi connectivity index (χ1) is 7.74. The second-order valence-corrected chi connectivity index (χ2v) is 4.35. The first-order valence-corrected chi connectivity index (χ1v) is 6.25. The van der Waals surface area contributed by atoms with Gasteiger partial charge in [-0.05, 0) is 25.8 Å². The zero-order chi connectivity index (χ0) is 11.8. The van der Waals surface area contributed by atoms with Gasteiger partial charge in [0.2, 0.25) is 0 Å². The summed E-state index contributed by atoms with van der Waals surface area (Å²) in [5.74, 6) is 0. The standard InChI is InChI=1S/C14H24N2/c1-4-12(2)15-10-11-16-13(3)14-8-6-5-7-9-14/h5-9,12-13,15-16H,4,10-11H2,1-3H3. The molecule has 0 aromatic heterocycles. The van der Waals surface area contributed by atoms with Crippen molar-refractivity contribution in [2.75, 3.05) is 13.1 Å². The van der Waals surface area contributed by atoms with Gasteiger partial charge in [-0.1, -0.05) is 37.3 Å². The summed E-state index contributed by atoms with van der Waals surface area (Å²) < 4.78 is 0. The quantitative estimate of drug-likeness (QED) is 0.690. The molecule has 1 aromatic rings. The van der Waals surface area contributed by atoms with Crippen molar-refractivity contribution in [1.82, 2.24) is 10.6 Å². The van der Waals surface area contributed by atoms with Crippen LogP contribution >= 0.6 is 0 Å². The third-order valence-electron chi connectivity index (χ3n) is 2.98. The van der Waals surface area contributed by atoms with Crippen LogP contribution in [0.5, 0.6) is 0 Å². The van der Waals surface area contributed by atoms with Gasteiger partial charge >= 0.3 is 0 Å². The number of benzene rings is 1. The number of rotatable bonds is 7. The van der Waals surface area contributed by atoms with E-state index in [1.165, 1.54) is 12.0 Å². The van der Waals surface area contributed by atoms with Crippen molar-refractivity contribution in [2.24, 2.45) is 0 Å². The Morgan fingerprint density at radius 2 is 1.62 bits per heavy atom. The molecule has 2 atom stereocenters. The van der Waals surface area contributed by atoms with Crippen molar-refractivity contribution in [3.63, 3.8) is 0 Å². The monoisotopic (exact) mass is 220 g/mol. The molecular formula is C14H24N2. The molecule has 2 nitrogen and oxygen atoms in total. The Morgan fingerprint density at radius 3 is 2.25 bits per heavy atom. The van der Waals surface area contributed by atoms with Gasteiger partial charge in [0.05, 0.1) is 0 Å². The minimum atomic E-state index is 0.430. The molecule has 16 heavy (non-hydrogen) atoms. The molecule has 1 aromatic carbocycles. The number of hydrogen-bond donors (Lipinski definition) is 2. The van der Waals surface area contributed by atoms with Gasteiger partial charge < -0.3 is 10.6 Å². The third-order valence-corrected chi connectivity index (χ3v) is 2.98. The zero-order valence-electron chi connectivity index (χ0n) is 10.7. The van der Waals surface area contributed by atoms with Crippen LogP contribution in [0.1, 0.15) is 38.8 Å². The highest BCUT2D eigenvalue weighted by Gasteiger charge is 2.03. The topological polar surface area (TPSA) is 24.1 Å². The third kappa shape index (κ3) is 4.77. The molecule has 0 aliphatic rings. The largest absolute Gasteiger partial charge is 0.313 e. The minimum Gasteiger partial charge on any atom is -0.313 e. The Balaban J connectivity index is 2.18. The SMILES string of the molecule is CCC(C)NCCNC(C)c1ccccc1. The Labute approximate surface area is 99.5 Å². The van der Waals surface area contributed by atoms with Gasteiger partial charge in [-0.2, -0.15) is 0 Å². The van der Waals surface area contributed by atoms with Crippen molar-refractivity contribution in [3.05, 3.63) is 35.9 Å². The molecule has 0 aliphatic carbocycles. The molecule has 0 saturated carbocycles. The highest BCUT2D eigenvalue weighted by molar-refractivity contribution is 5.17. The summed E-state index contributed by atoms with van der Waals surface area (Å²) in [6.07, 6.45) is 1.19. The molecule has 0 spiro atoms. The van der Waals surface area contributed by atoms with E-state index in [1.807, 2.05) is 0 Å². The van der Waals surface area contributed by atoms with Crippen LogP contribution in [0.4, 0.5) is 0 Å². The summed E-state index contributed by atoms with van der Waals surface area (Å²) >= 11 is 0. The lowest BCUT2D eigenvalue weighted by Crippen LogP contribution is -2.33. The predicted molar refractivity (Wildman–Crippen MR) is 70.6 cm³/mol. The predicted octanol–water partition coefficient (Wildman–Crippen LogP) is 2.73. The van der Waals surface area contributed by atoms with Gasteiger partial charge in [0.1, 0.15) is 0 Å². The highest BCUT2D eigenvalue weighted by atomic mass is 15.0. The summed E-state index contributed by atoms with van der Waals surface area (Å²) in [6, 6.07) is 11.6. The molecular weight excluding hydrogens is 196 g/mol. The summed E-state index contributed by atoms with van der Waals surface area (Å²) in [4.78, 5) is 0. The van der Waals surface area contributed by atoms with E-state index in [2.05, 4.69) is 61.7 Å². The van der Waals surface area contributed by atoms with Gasteiger partial charge in [-0.3, -0.25) is 0 Å². The first kappa shape index (κ1) is 13.2. The maximum atomic E-state index is 3.52. The summed E-state index contributed by atoms with van der Waals surface area (Å²) in [5.41, 5.74) is 1.35. The molecule has 0 bridgehead atoms. The van der Waals surface area contributed by atoms with Gasteiger partial charge in [-0.25, -0.2) is 0 Å². The lowest BCUT2D eigenvalue weighted by molar-refractivity contribution is 0.494. The van der Waals surface area contributed by atoms with E-state index in [0.29, 0.717) is 12.1 Å². The maximum absolute atomic E-state index is 3.52. The Morgan fingerprint density at radius 1 is 1.00 bits per heavy atom. The Hall–Kier alpha value is -0.860. The van der Waals surface area contributed by atoms with Crippen molar-refractivity contribution in [2.45, 2.75) is 39.3 Å². The van der Waals surface area contributed by atoms with Crippen molar-refractivity contribution < 1.29 is 0 Å². The normalized spacial score (nSPS) is 14.7. The van der Waals surface area contributed by atoms with Gasteiger partial charge in [0, 0.05) is 25.2 Å². The lowest BCUT2D eigenvalue weighted by atomic mass is 10.1. The van der Waals surface area contributed by atoms with Crippen molar-refractivity contribution >= 4 is 0 Å². The average Bonchev–Trinajstić information content (AvgIpc) is 2.35. The maximum Gasteiger partial charge on any atom is 0.0292 e. The van der Waals surface area contributed by atoms with Crippen LogP contribution in [0.2, 0.25) is 0 Å². The van der Waals surface area contributed by atoms with E-state index in [-0.39, 0.29) is 0 Å². The van der Waals surface area contributed by atoms with E-state index in [4.69, 9.17) is 0 Å². The van der Waals surface area contributed by atoms with E-state index in [1.54, 1.807) is 0 Å². The van der Waals surface area contributed by atoms with E-state index in [9.17, 15) is 0 Å². The van der Waals surface area contributed by atoms with Gasteiger partial charge in [-0.15, -0.1) is 0 Å². The molecule has 0 saturated heterocycles. The van der Waals surface area contributed by atoms with Crippen LogP contribution in [0, 0.1) is 0 Å². The lowest BCUT2D eigenvalue weighted by Gasteiger charge is -2.16. The van der Waals surface area contributed by atoms with Gasteiger partial charge in [0.15, 0.2) is 0 Å². The van der Waals surface area contributed by atoms with Crippen molar-refractivity contribution in [1.29, 1.82) is 0 Å². The zero-order valence-corrected chi connectivity index (χ0v) is 10.7. The summed E-state index contributed by atoms with van der Waals surface area (Å²) in [7, 11) is 0. The fourth-order valence-corrected chi connectivity index (χ4v) is 1.61. The molecule has 2 heteroatoms. The number of hydrogen-bond acceptors (Lipinski definition) is 2. The molecule has 2 unspecified atom stereocenters. The molecule has 90 valence electrons. The highest BCUT2D eigenvalue weighted by Crippen LogP contribution is 2.10. The Bertz CT molecular complexity index is 271. The fourth-order valence-electron chi connectivity index (χ4n) is 1.61. The average molecular weight is 220 g/mol. The van der Waals surface area contributed by atoms with Gasteiger partial charge in [0.25, 0.3) is 0 Å². The minimum absolute atomic E-state index is 0.430. The van der Waals surface area contributed by atoms with E-state index in [0.717, 1.165) is 13.1 Å². The van der Waals surface area contributed by atoms with E-state index < -0.39 is 0 Å². The first-order valence-electron chi connectivity index (χ1n) is 6.25. The molecule has 0 heterocycles. The molecule has 0 amide bonds. The van der Waals surface area contributed by atoms with Crippen LogP contribution in [0.3, 0.4) is 0 Å². The second kappa shape index (κ2) is 7.42. The van der Waals surface area contributed by atoms with Crippen molar-refractivity contribution in [3.8, 4) is 0 Å². The summed E-state index contributed by atoms with van der Waals surface area (Å²) in [6.45, 7) is 8.68. The molecule has 1 rings (SSSR count). The van der Waals surface area contributed by atoms with E-state index >= 15 is 0 Å². The smallest absolute Gasteiger partial charge is 0.0292 e. The fraction of sp³-hybridized carbons (Fsp3) is 0.571. The summed E-state index contributed by atoms with van der Waals surface area (Å²) in [5, 5.41) is 6.99. The van der Waals surface area contributed by atoms with Crippen LogP contribution in [0.25, 0.3) is 0 Å². The molecule has 0 radical (unpaired) electrons. The van der Waals surface area contributed by atoms with Crippen LogP contribution in [0.15, 0.2) is 30.3 Å². The van der Waals surface area contributed by atoms with Crippen LogP contribution in [-0.2, 0) is 0 Å². The second-order valence-electron chi connectivity index (χ2n) is 4.35. The molecule has 0 aliphatic heterocycles. The Kier molecular flexibility index (Phi) is 6.12.